The third-order valence-electron chi connectivity index (χ3n) is 5.06. The first-order chi connectivity index (χ1) is 15.0. The molecule has 1 fully saturated rings. The largest absolute Gasteiger partial charge is 0.341 e. The predicted octanol–water partition coefficient (Wildman–Crippen LogP) is 4.62. The molecule has 1 aliphatic heterocycles. The molecule has 0 atom stereocenters. The Morgan fingerprint density at radius 1 is 1.03 bits per heavy atom. The molecular formula is C21H22ClFN4O2S2. The summed E-state index contributed by atoms with van der Waals surface area (Å²) in [5, 5.41) is 10.0. The molecule has 2 aromatic carbocycles. The SMILES string of the molecule is O=S(=O)(CCCSc1nnc(N2CCCC2)n1-c1ccccc1Cl)c1ccc(F)cc1. The number of anilines is 1. The van der Waals surface area contributed by atoms with Gasteiger partial charge in [0.25, 0.3) is 0 Å². The molecule has 2 heterocycles. The minimum absolute atomic E-state index is 0.0230. The summed E-state index contributed by atoms with van der Waals surface area (Å²) in [7, 11) is -3.46. The second kappa shape index (κ2) is 9.58. The number of hydrogen-bond acceptors (Lipinski definition) is 6. The highest BCUT2D eigenvalue weighted by Gasteiger charge is 2.23. The third-order valence-corrected chi connectivity index (χ3v) is 8.21. The second-order valence-corrected chi connectivity index (χ2v) is 10.8. The highest BCUT2D eigenvalue weighted by atomic mass is 35.5. The summed E-state index contributed by atoms with van der Waals surface area (Å²) >= 11 is 7.90. The van der Waals surface area contributed by atoms with Gasteiger partial charge in [-0.25, -0.2) is 12.8 Å². The number of sulfone groups is 1. The van der Waals surface area contributed by atoms with E-state index >= 15 is 0 Å². The Labute approximate surface area is 190 Å². The van der Waals surface area contributed by atoms with Gasteiger partial charge in [-0.05, 0) is 55.7 Å². The maximum atomic E-state index is 13.1. The van der Waals surface area contributed by atoms with Gasteiger partial charge in [0.05, 0.1) is 21.4 Å². The van der Waals surface area contributed by atoms with Crippen molar-refractivity contribution in [3.63, 3.8) is 0 Å². The van der Waals surface area contributed by atoms with Gasteiger partial charge in [0, 0.05) is 18.8 Å². The summed E-state index contributed by atoms with van der Waals surface area (Å²) < 4.78 is 40.0. The van der Waals surface area contributed by atoms with Crippen LogP contribution in [0.5, 0.6) is 0 Å². The molecule has 6 nitrogen and oxygen atoms in total. The molecule has 1 saturated heterocycles. The van der Waals surface area contributed by atoms with Crippen molar-refractivity contribution >= 4 is 39.1 Å². The molecule has 4 rings (SSSR count). The van der Waals surface area contributed by atoms with E-state index in [1.54, 1.807) is 0 Å². The van der Waals surface area contributed by atoms with Gasteiger partial charge < -0.3 is 4.90 Å². The minimum atomic E-state index is -3.46. The Bertz CT molecular complexity index is 1150. The zero-order valence-electron chi connectivity index (χ0n) is 16.7. The van der Waals surface area contributed by atoms with Crippen LogP contribution >= 0.6 is 23.4 Å². The molecule has 10 heteroatoms. The van der Waals surface area contributed by atoms with Gasteiger partial charge in [-0.15, -0.1) is 10.2 Å². The van der Waals surface area contributed by atoms with Gasteiger partial charge in [-0.2, -0.15) is 0 Å². The maximum absolute atomic E-state index is 13.1. The highest BCUT2D eigenvalue weighted by Crippen LogP contribution is 2.32. The lowest BCUT2D eigenvalue weighted by Crippen LogP contribution is -2.22. The van der Waals surface area contributed by atoms with E-state index in [-0.39, 0.29) is 10.6 Å². The van der Waals surface area contributed by atoms with E-state index < -0.39 is 15.7 Å². The molecular weight excluding hydrogens is 459 g/mol. The summed E-state index contributed by atoms with van der Waals surface area (Å²) in [6, 6.07) is 12.5. The van der Waals surface area contributed by atoms with E-state index in [0.717, 1.165) is 49.7 Å². The summed E-state index contributed by atoms with van der Waals surface area (Å²) in [6.45, 7) is 1.84. The second-order valence-electron chi connectivity index (χ2n) is 7.24. The first-order valence-electron chi connectivity index (χ1n) is 10.0. The molecule has 1 aliphatic rings. The van der Waals surface area contributed by atoms with Crippen molar-refractivity contribution in [1.82, 2.24) is 14.8 Å². The molecule has 3 aromatic rings. The molecule has 0 saturated carbocycles. The number of aromatic nitrogens is 3. The zero-order valence-corrected chi connectivity index (χ0v) is 19.1. The molecule has 0 radical (unpaired) electrons. The van der Waals surface area contributed by atoms with E-state index in [2.05, 4.69) is 15.1 Å². The molecule has 1 aromatic heterocycles. The predicted molar refractivity (Wildman–Crippen MR) is 122 cm³/mol. The molecule has 0 spiro atoms. The van der Waals surface area contributed by atoms with Crippen LogP contribution in [0.3, 0.4) is 0 Å². The van der Waals surface area contributed by atoms with Gasteiger partial charge >= 0.3 is 0 Å². The van der Waals surface area contributed by atoms with Crippen LogP contribution in [0, 0.1) is 5.82 Å². The van der Waals surface area contributed by atoms with Crippen molar-refractivity contribution in [2.24, 2.45) is 0 Å². The number of nitrogens with zero attached hydrogens (tertiary/aromatic N) is 4. The zero-order chi connectivity index (χ0) is 21.8. The Kier molecular flexibility index (Phi) is 6.83. The fourth-order valence-corrected chi connectivity index (χ4v) is 6.09. The van der Waals surface area contributed by atoms with Gasteiger partial charge in [0.15, 0.2) is 15.0 Å². The maximum Gasteiger partial charge on any atom is 0.232 e. The van der Waals surface area contributed by atoms with E-state index in [4.69, 9.17) is 11.6 Å². The Morgan fingerprint density at radius 2 is 1.74 bits per heavy atom. The number of para-hydroxylation sites is 1. The Morgan fingerprint density at radius 3 is 2.45 bits per heavy atom. The number of thioether (sulfide) groups is 1. The van der Waals surface area contributed by atoms with Crippen molar-refractivity contribution in [2.45, 2.75) is 29.3 Å². The van der Waals surface area contributed by atoms with Gasteiger partial charge in [0.1, 0.15) is 5.82 Å². The molecule has 0 bridgehead atoms. The minimum Gasteiger partial charge on any atom is -0.341 e. The monoisotopic (exact) mass is 480 g/mol. The highest BCUT2D eigenvalue weighted by molar-refractivity contribution is 7.99. The van der Waals surface area contributed by atoms with Crippen LogP contribution in [0.4, 0.5) is 10.3 Å². The van der Waals surface area contributed by atoms with Gasteiger partial charge in [-0.3, -0.25) is 4.57 Å². The Balaban J connectivity index is 1.48. The lowest BCUT2D eigenvalue weighted by atomic mass is 10.3. The molecule has 0 unspecified atom stereocenters. The standard InChI is InChI=1S/C21H22ClFN4O2S2/c22-18-6-1-2-7-19(18)27-20(26-12-3-4-13-26)24-25-21(27)30-14-5-15-31(28,29)17-10-8-16(23)9-11-17/h1-2,6-11H,3-5,12-15H2. The molecule has 0 amide bonds. The van der Waals surface area contributed by atoms with Crippen LogP contribution in [0.1, 0.15) is 19.3 Å². The quantitative estimate of drug-likeness (QED) is 0.266. The van der Waals surface area contributed by atoms with Crippen molar-refractivity contribution in [3.8, 4) is 5.69 Å². The van der Waals surface area contributed by atoms with Gasteiger partial charge in [-0.1, -0.05) is 35.5 Å². The number of rotatable bonds is 8. The number of halogens is 2. The van der Waals surface area contributed by atoms with E-state index in [1.807, 2.05) is 28.8 Å². The fourth-order valence-electron chi connectivity index (χ4n) is 3.49. The van der Waals surface area contributed by atoms with Crippen LogP contribution in [0.15, 0.2) is 58.6 Å². The summed E-state index contributed by atoms with van der Waals surface area (Å²) in [5.74, 6) is 0.822. The summed E-state index contributed by atoms with van der Waals surface area (Å²) in [4.78, 5) is 2.33. The van der Waals surface area contributed by atoms with Crippen molar-refractivity contribution < 1.29 is 12.8 Å². The Hall–Kier alpha value is -2.10. The number of benzene rings is 2. The van der Waals surface area contributed by atoms with E-state index in [0.29, 0.717) is 22.4 Å². The molecule has 0 aliphatic carbocycles. The normalized spacial score (nSPS) is 14.3. The topological polar surface area (TPSA) is 68.1 Å². The van der Waals surface area contributed by atoms with Crippen molar-refractivity contribution in [3.05, 3.63) is 59.4 Å². The fraction of sp³-hybridized carbons (Fsp3) is 0.333. The van der Waals surface area contributed by atoms with Crippen LogP contribution < -0.4 is 4.90 Å². The summed E-state index contributed by atoms with van der Waals surface area (Å²) in [5.41, 5.74) is 0.803. The average Bonchev–Trinajstić information content (AvgIpc) is 3.42. The number of hydrogen-bond donors (Lipinski definition) is 0. The van der Waals surface area contributed by atoms with Crippen molar-refractivity contribution in [1.29, 1.82) is 0 Å². The van der Waals surface area contributed by atoms with Crippen LogP contribution in [0.25, 0.3) is 5.69 Å². The first-order valence-corrected chi connectivity index (χ1v) is 13.0. The first kappa shape index (κ1) is 22.1. The van der Waals surface area contributed by atoms with E-state index in [1.165, 1.54) is 23.9 Å². The smallest absolute Gasteiger partial charge is 0.232 e. The van der Waals surface area contributed by atoms with Crippen LogP contribution in [-0.2, 0) is 9.84 Å². The summed E-state index contributed by atoms with van der Waals surface area (Å²) in [6.07, 6.45) is 2.65. The van der Waals surface area contributed by atoms with Crippen molar-refractivity contribution in [2.75, 3.05) is 29.5 Å². The molecule has 164 valence electrons. The molecule has 31 heavy (non-hydrogen) atoms. The van der Waals surface area contributed by atoms with Crippen LogP contribution in [0.2, 0.25) is 5.02 Å². The lowest BCUT2D eigenvalue weighted by Gasteiger charge is -2.19. The average molecular weight is 481 g/mol. The van der Waals surface area contributed by atoms with Gasteiger partial charge in [0.2, 0.25) is 5.95 Å². The molecule has 0 N–H and O–H groups in total. The third kappa shape index (κ3) is 5.05. The lowest BCUT2D eigenvalue weighted by molar-refractivity contribution is 0.593. The van der Waals surface area contributed by atoms with E-state index in [9.17, 15) is 12.8 Å². The van der Waals surface area contributed by atoms with Crippen LogP contribution in [-0.4, -0.2) is 47.8 Å².